The monoisotopic (exact) mass is 270 g/mol. The maximum Gasteiger partial charge on any atom is 0.264 e. The smallest absolute Gasteiger partial charge is 0.264 e. The molecule has 0 spiro atoms. The standard InChI is InChI=1S/C14H14N4O2/c1-8(19)15-13-11-12(18(3)16-13)9-6-4-5-7-10(9)17(2)14(11)20/h4-7H,1-3H3,(H,15,16,19). The van der Waals surface area contributed by atoms with Crippen LogP contribution in [0.1, 0.15) is 6.92 Å². The molecule has 0 fully saturated rings. The highest BCUT2D eigenvalue weighted by atomic mass is 16.1. The Bertz CT molecular complexity index is 905. The number of hydrogen-bond donors (Lipinski definition) is 1. The van der Waals surface area contributed by atoms with E-state index in [1.165, 1.54) is 6.92 Å². The minimum atomic E-state index is -0.250. The van der Waals surface area contributed by atoms with Crippen LogP contribution in [-0.4, -0.2) is 20.3 Å². The molecule has 2 heterocycles. The number of nitrogens with one attached hydrogen (secondary N) is 1. The van der Waals surface area contributed by atoms with Gasteiger partial charge in [-0.05, 0) is 6.07 Å². The first-order valence-corrected chi connectivity index (χ1v) is 6.22. The van der Waals surface area contributed by atoms with E-state index in [0.29, 0.717) is 11.2 Å². The second kappa shape index (κ2) is 4.19. The summed E-state index contributed by atoms with van der Waals surface area (Å²) in [5.41, 5.74) is 1.39. The quantitative estimate of drug-likeness (QED) is 0.726. The molecule has 6 heteroatoms. The number of pyridine rings is 1. The van der Waals surface area contributed by atoms with Gasteiger partial charge < -0.3 is 9.88 Å². The predicted octanol–water partition coefficient (Wildman–Crippen LogP) is 1.38. The summed E-state index contributed by atoms with van der Waals surface area (Å²) in [6.07, 6.45) is 0. The minimum Gasteiger partial charge on any atom is -0.311 e. The van der Waals surface area contributed by atoms with Gasteiger partial charge in [0.15, 0.2) is 5.82 Å². The van der Waals surface area contributed by atoms with Crippen molar-refractivity contribution in [1.29, 1.82) is 0 Å². The third-order valence-corrected chi connectivity index (χ3v) is 3.38. The van der Waals surface area contributed by atoms with Crippen molar-refractivity contribution in [3.8, 4) is 0 Å². The Hall–Kier alpha value is -2.63. The van der Waals surface area contributed by atoms with Gasteiger partial charge in [0.1, 0.15) is 5.39 Å². The first-order valence-electron chi connectivity index (χ1n) is 6.22. The van der Waals surface area contributed by atoms with E-state index in [9.17, 15) is 9.59 Å². The highest BCUT2D eigenvalue weighted by Gasteiger charge is 2.18. The van der Waals surface area contributed by atoms with E-state index in [2.05, 4.69) is 10.4 Å². The van der Waals surface area contributed by atoms with Gasteiger partial charge in [0.05, 0.1) is 11.0 Å². The Kier molecular flexibility index (Phi) is 2.60. The Morgan fingerprint density at radius 2 is 1.95 bits per heavy atom. The molecule has 0 atom stereocenters. The molecule has 102 valence electrons. The van der Waals surface area contributed by atoms with Crippen LogP contribution in [0, 0.1) is 0 Å². The van der Waals surface area contributed by atoms with Crippen LogP contribution in [0.5, 0.6) is 0 Å². The van der Waals surface area contributed by atoms with Crippen LogP contribution in [0.25, 0.3) is 21.8 Å². The summed E-state index contributed by atoms with van der Waals surface area (Å²) in [4.78, 5) is 23.8. The number of aryl methyl sites for hydroxylation is 2. The van der Waals surface area contributed by atoms with Crippen molar-refractivity contribution >= 4 is 33.5 Å². The Balaban J connectivity index is 2.56. The van der Waals surface area contributed by atoms with Crippen LogP contribution in [0.3, 0.4) is 0 Å². The van der Waals surface area contributed by atoms with Gasteiger partial charge in [-0.2, -0.15) is 5.10 Å². The zero-order chi connectivity index (χ0) is 14.4. The molecule has 20 heavy (non-hydrogen) atoms. The van der Waals surface area contributed by atoms with Crippen LogP contribution in [0.4, 0.5) is 5.82 Å². The van der Waals surface area contributed by atoms with Gasteiger partial charge in [-0.1, -0.05) is 18.2 Å². The molecule has 1 amide bonds. The van der Waals surface area contributed by atoms with Crippen molar-refractivity contribution in [1.82, 2.24) is 14.3 Å². The summed E-state index contributed by atoms with van der Waals surface area (Å²) in [5.74, 6) is 0.0570. The molecule has 0 radical (unpaired) electrons. The second-order valence-corrected chi connectivity index (χ2v) is 4.76. The van der Waals surface area contributed by atoms with E-state index in [1.807, 2.05) is 24.3 Å². The van der Waals surface area contributed by atoms with Gasteiger partial charge in [0.25, 0.3) is 5.56 Å². The molecule has 3 rings (SSSR count). The maximum atomic E-state index is 12.5. The Morgan fingerprint density at radius 3 is 2.65 bits per heavy atom. The van der Waals surface area contributed by atoms with E-state index in [-0.39, 0.29) is 11.5 Å². The molecule has 0 saturated heterocycles. The van der Waals surface area contributed by atoms with Crippen LogP contribution in [0.15, 0.2) is 29.1 Å². The van der Waals surface area contributed by atoms with Gasteiger partial charge in [0, 0.05) is 26.4 Å². The number of benzene rings is 1. The number of fused-ring (bicyclic) bond motifs is 3. The molecule has 0 bridgehead atoms. The fourth-order valence-corrected chi connectivity index (χ4v) is 2.53. The molecule has 0 saturated carbocycles. The first kappa shape index (κ1) is 12.4. The Labute approximate surface area is 114 Å². The third-order valence-electron chi connectivity index (χ3n) is 3.38. The lowest BCUT2D eigenvalue weighted by atomic mass is 10.1. The number of para-hydroxylation sites is 1. The zero-order valence-electron chi connectivity index (χ0n) is 11.5. The number of rotatable bonds is 1. The van der Waals surface area contributed by atoms with Gasteiger partial charge >= 0.3 is 0 Å². The van der Waals surface area contributed by atoms with Crippen molar-refractivity contribution in [2.24, 2.45) is 14.1 Å². The molecule has 0 aliphatic rings. The highest BCUT2D eigenvalue weighted by Crippen LogP contribution is 2.26. The number of carbonyl (C=O) groups is 1. The van der Waals surface area contributed by atoms with Crippen molar-refractivity contribution in [3.63, 3.8) is 0 Å². The molecule has 1 aromatic carbocycles. The van der Waals surface area contributed by atoms with Gasteiger partial charge in [-0.25, -0.2) is 0 Å². The fourth-order valence-electron chi connectivity index (χ4n) is 2.53. The highest BCUT2D eigenvalue weighted by molar-refractivity contribution is 6.09. The van der Waals surface area contributed by atoms with Gasteiger partial charge in [0.2, 0.25) is 5.91 Å². The van der Waals surface area contributed by atoms with E-state index >= 15 is 0 Å². The third kappa shape index (κ3) is 1.61. The number of amides is 1. The maximum absolute atomic E-state index is 12.5. The topological polar surface area (TPSA) is 68.9 Å². The molecule has 1 N–H and O–H groups in total. The number of nitrogens with zero attached hydrogens (tertiary/aromatic N) is 3. The van der Waals surface area contributed by atoms with Crippen LogP contribution < -0.4 is 10.9 Å². The summed E-state index contributed by atoms with van der Waals surface area (Å²) >= 11 is 0. The lowest BCUT2D eigenvalue weighted by molar-refractivity contribution is -0.114. The fraction of sp³-hybridized carbons (Fsp3) is 0.214. The molecular formula is C14H14N4O2. The number of anilines is 1. The van der Waals surface area contributed by atoms with Crippen LogP contribution in [-0.2, 0) is 18.9 Å². The van der Waals surface area contributed by atoms with Crippen LogP contribution >= 0.6 is 0 Å². The van der Waals surface area contributed by atoms with E-state index < -0.39 is 0 Å². The molecule has 2 aromatic heterocycles. The number of carbonyl (C=O) groups excluding carboxylic acids is 1. The number of aromatic nitrogens is 3. The molecule has 0 unspecified atom stereocenters. The van der Waals surface area contributed by atoms with E-state index in [0.717, 1.165) is 16.4 Å². The SMILES string of the molecule is CC(=O)Nc1nn(C)c2c1c(=O)n(C)c1ccccc21. The van der Waals surface area contributed by atoms with Crippen molar-refractivity contribution in [3.05, 3.63) is 34.6 Å². The summed E-state index contributed by atoms with van der Waals surface area (Å²) in [6.45, 7) is 1.39. The van der Waals surface area contributed by atoms with Crippen LogP contribution in [0.2, 0.25) is 0 Å². The minimum absolute atomic E-state index is 0.171. The van der Waals surface area contributed by atoms with E-state index in [1.54, 1.807) is 23.3 Å². The summed E-state index contributed by atoms with van der Waals surface area (Å²) in [6, 6.07) is 7.63. The average molecular weight is 270 g/mol. The average Bonchev–Trinajstić information content (AvgIpc) is 2.72. The molecule has 6 nitrogen and oxygen atoms in total. The lowest BCUT2D eigenvalue weighted by Crippen LogP contribution is -2.18. The van der Waals surface area contributed by atoms with Gasteiger partial charge in [-0.3, -0.25) is 14.3 Å². The molecule has 0 aliphatic heterocycles. The summed E-state index contributed by atoms with van der Waals surface area (Å²) < 4.78 is 3.20. The first-order chi connectivity index (χ1) is 9.50. The van der Waals surface area contributed by atoms with Crippen molar-refractivity contribution in [2.45, 2.75) is 6.92 Å². The normalized spacial score (nSPS) is 11.2. The largest absolute Gasteiger partial charge is 0.311 e. The molecule has 3 aromatic rings. The second-order valence-electron chi connectivity index (χ2n) is 4.76. The van der Waals surface area contributed by atoms with E-state index in [4.69, 9.17) is 0 Å². The Morgan fingerprint density at radius 1 is 1.25 bits per heavy atom. The predicted molar refractivity (Wildman–Crippen MR) is 77.8 cm³/mol. The summed E-state index contributed by atoms with van der Waals surface area (Å²) in [7, 11) is 3.48. The summed E-state index contributed by atoms with van der Waals surface area (Å²) in [5, 5.41) is 8.23. The van der Waals surface area contributed by atoms with Crippen molar-refractivity contribution in [2.75, 3.05) is 5.32 Å². The molecular weight excluding hydrogens is 256 g/mol. The zero-order valence-corrected chi connectivity index (χ0v) is 11.5. The van der Waals surface area contributed by atoms with Gasteiger partial charge in [-0.15, -0.1) is 0 Å². The van der Waals surface area contributed by atoms with Crippen molar-refractivity contribution < 1.29 is 4.79 Å². The molecule has 0 aliphatic carbocycles. The number of hydrogen-bond acceptors (Lipinski definition) is 3. The lowest BCUT2D eigenvalue weighted by Gasteiger charge is -2.07.